The van der Waals surface area contributed by atoms with Crippen LogP contribution >= 0.6 is 0 Å². The molecule has 0 aliphatic heterocycles. The number of alkyl halides is 3. The van der Waals surface area contributed by atoms with Crippen molar-refractivity contribution >= 4 is 0 Å². The average molecular weight is 247 g/mol. The molecule has 0 aliphatic carbocycles. The number of methoxy groups -OCH3 is 1. The van der Waals surface area contributed by atoms with Crippen LogP contribution in [0, 0.1) is 13.8 Å². The lowest BCUT2D eigenvalue weighted by Gasteiger charge is -2.17. The van der Waals surface area contributed by atoms with Gasteiger partial charge in [-0.1, -0.05) is 12.1 Å². The number of aryl methyl sites for hydroxylation is 2. The molecule has 2 N–H and O–H groups in total. The fourth-order valence-electron chi connectivity index (χ4n) is 1.89. The molecule has 1 rings (SSSR count). The minimum absolute atomic E-state index is 0.484. The van der Waals surface area contributed by atoms with E-state index in [0.29, 0.717) is 11.3 Å². The standard InChI is InChI=1S/C12H16F3NO/c1-7-4-9(5-8(2)11(7)17-3)10(16)6-12(13,14)15/h4-5,10H,6,16H2,1-3H3/t10-/m0/s1. The van der Waals surface area contributed by atoms with Gasteiger partial charge in [0.05, 0.1) is 13.5 Å². The smallest absolute Gasteiger partial charge is 0.390 e. The van der Waals surface area contributed by atoms with Crippen molar-refractivity contribution in [1.29, 1.82) is 0 Å². The van der Waals surface area contributed by atoms with Gasteiger partial charge in [-0.25, -0.2) is 0 Å². The minimum Gasteiger partial charge on any atom is -0.496 e. The van der Waals surface area contributed by atoms with Crippen molar-refractivity contribution in [2.75, 3.05) is 7.11 Å². The summed E-state index contributed by atoms with van der Waals surface area (Å²) >= 11 is 0. The van der Waals surface area contributed by atoms with Gasteiger partial charge >= 0.3 is 6.18 Å². The van der Waals surface area contributed by atoms with Crippen molar-refractivity contribution in [3.63, 3.8) is 0 Å². The van der Waals surface area contributed by atoms with Crippen LogP contribution in [0.25, 0.3) is 0 Å². The maximum absolute atomic E-state index is 12.2. The summed E-state index contributed by atoms with van der Waals surface area (Å²) in [5.41, 5.74) is 7.62. The monoisotopic (exact) mass is 247 g/mol. The number of halogens is 3. The van der Waals surface area contributed by atoms with E-state index in [1.165, 1.54) is 7.11 Å². The predicted molar refractivity (Wildman–Crippen MR) is 60.1 cm³/mol. The molecule has 5 heteroatoms. The van der Waals surface area contributed by atoms with E-state index in [1.807, 2.05) is 0 Å². The number of ether oxygens (including phenoxy) is 1. The highest BCUT2D eigenvalue weighted by Crippen LogP contribution is 2.31. The van der Waals surface area contributed by atoms with Crippen LogP contribution in [0.3, 0.4) is 0 Å². The highest BCUT2D eigenvalue weighted by Gasteiger charge is 2.31. The molecule has 17 heavy (non-hydrogen) atoms. The van der Waals surface area contributed by atoms with Crippen LogP contribution in [0.5, 0.6) is 5.75 Å². The fourth-order valence-corrected chi connectivity index (χ4v) is 1.89. The maximum atomic E-state index is 12.2. The Kier molecular flexibility index (Phi) is 4.03. The Morgan fingerprint density at radius 3 is 2.06 bits per heavy atom. The van der Waals surface area contributed by atoms with Gasteiger partial charge in [0.2, 0.25) is 0 Å². The topological polar surface area (TPSA) is 35.2 Å². The normalized spacial score (nSPS) is 13.6. The lowest BCUT2D eigenvalue weighted by Crippen LogP contribution is -2.20. The van der Waals surface area contributed by atoms with E-state index in [2.05, 4.69) is 0 Å². The quantitative estimate of drug-likeness (QED) is 0.889. The van der Waals surface area contributed by atoms with Crippen LogP contribution in [-0.2, 0) is 0 Å². The summed E-state index contributed by atoms with van der Waals surface area (Å²) in [6.45, 7) is 3.57. The van der Waals surface area contributed by atoms with E-state index in [0.717, 1.165) is 11.1 Å². The van der Waals surface area contributed by atoms with Crippen LogP contribution in [-0.4, -0.2) is 13.3 Å². The molecule has 0 radical (unpaired) electrons. The Labute approximate surface area is 98.6 Å². The molecular weight excluding hydrogens is 231 g/mol. The van der Waals surface area contributed by atoms with Gasteiger partial charge < -0.3 is 10.5 Å². The molecule has 0 bridgehead atoms. The second kappa shape index (κ2) is 4.96. The van der Waals surface area contributed by atoms with Gasteiger partial charge in [0.15, 0.2) is 0 Å². The first kappa shape index (κ1) is 13.8. The number of rotatable bonds is 3. The van der Waals surface area contributed by atoms with E-state index in [-0.39, 0.29) is 0 Å². The van der Waals surface area contributed by atoms with Gasteiger partial charge in [-0.2, -0.15) is 13.2 Å². The molecule has 1 aromatic rings. The second-order valence-electron chi connectivity index (χ2n) is 4.11. The van der Waals surface area contributed by atoms with Gasteiger partial charge in [-0.15, -0.1) is 0 Å². The Balaban J connectivity index is 3.00. The summed E-state index contributed by atoms with van der Waals surface area (Å²) < 4.78 is 41.8. The summed E-state index contributed by atoms with van der Waals surface area (Å²) in [5.74, 6) is 0.688. The van der Waals surface area contributed by atoms with E-state index in [9.17, 15) is 13.2 Å². The van der Waals surface area contributed by atoms with E-state index < -0.39 is 18.6 Å². The zero-order chi connectivity index (χ0) is 13.2. The minimum atomic E-state index is -4.25. The van der Waals surface area contributed by atoms with Crippen molar-refractivity contribution in [3.05, 3.63) is 28.8 Å². The number of hydrogen-bond acceptors (Lipinski definition) is 2. The number of nitrogens with two attached hydrogens (primary N) is 1. The summed E-state index contributed by atoms with van der Waals surface area (Å²) in [4.78, 5) is 0. The first-order valence-electron chi connectivity index (χ1n) is 5.22. The van der Waals surface area contributed by atoms with Gasteiger partial charge in [-0.3, -0.25) is 0 Å². The van der Waals surface area contributed by atoms with Crippen LogP contribution in [0.2, 0.25) is 0 Å². The molecule has 96 valence electrons. The molecule has 0 unspecified atom stereocenters. The van der Waals surface area contributed by atoms with E-state index in [4.69, 9.17) is 10.5 Å². The highest BCUT2D eigenvalue weighted by atomic mass is 19.4. The first-order chi connectivity index (χ1) is 7.74. The van der Waals surface area contributed by atoms with Crippen LogP contribution in [0.4, 0.5) is 13.2 Å². The largest absolute Gasteiger partial charge is 0.496 e. The van der Waals surface area contributed by atoms with Gasteiger partial charge in [-0.05, 0) is 30.5 Å². The first-order valence-corrected chi connectivity index (χ1v) is 5.22. The fraction of sp³-hybridized carbons (Fsp3) is 0.500. The Hall–Kier alpha value is -1.23. The van der Waals surface area contributed by atoms with Crippen molar-refractivity contribution in [1.82, 2.24) is 0 Å². The third kappa shape index (κ3) is 3.63. The van der Waals surface area contributed by atoms with E-state index >= 15 is 0 Å². The summed E-state index contributed by atoms with van der Waals surface area (Å²) in [6.07, 6.45) is -5.26. The molecule has 1 aromatic carbocycles. The SMILES string of the molecule is COc1c(C)cc([C@@H](N)CC(F)(F)F)cc1C. The zero-order valence-electron chi connectivity index (χ0n) is 10.1. The molecule has 0 heterocycles. The lowest BCUT2D eigenvalue weighted by molar-refractivity contribution is -0.138. The molecule has 0 saturated carbocycles. The highest BCUT2D eigenvalue weighted by molar-refractivity contribution is 5.44. The zero-order valence-corrected chi connectivity index (χ0v) is 10.1. The lowest BCUT2D eigenvalue weighted by atomic mass is 9.98. The van der Waals surface area contributed by atoms with Crippen LogP contribution in [0.15, 0.2) is 12.1 Å². The molecule has 2 nitrogen and oxygen atoms in total. The summed E-state index contributed by atoms with van der Waals surface area (Å²) in [6, 6.07) is 2.25. The van der Waals surface area contributed by atoms with Crippen molar-refractivity contribution < 1.29 is 17.9 Å². The Bertz CT molecular complexity index is 378. The summed E-state index contributed by atoms with van der Waals surface area (Å²) in [5, 5.41) is 0. The third-order valence-electron chi connectivity index (χ3n) is 2.57. The Morgan fingerprint density at radius 2 is 1.71 bits per heavy atom. The predicted octanol–water partition coefficient (Wildman–Crippen LogP) is 3.26. The molecular formula is C12H16F3NO. The summed E-state index contributed by atoms with van der Waals surface area (Å²) in [7, 11) is 1.53. The van der Waals surface area contributed by atoms with Gasteiger partial charge in [0.25, 0.3) is 0 Å². The molecule has 0 spiro atoms. The van der Waals surface area contributed by atoms with E-state index in [1.54, 1.807) is 26.0 Å². The molecule has 0 amide bonds. The van der Waals surface area contributed by atoms with Crippen LogP contribution < -0.4 is 10.5 Å². The van der Waals surface area contributed by atoms with Crippen molar-refractivity contribution in [3.8, 4) is 5.75 Å². The van der Waals surface area contributed by atoms with Gasteiger partial charge in [0.1, 0.15) is 5.75 Å². The third-order valence-corrected chi connectivity index (χ3v) is 2.57. The second-order valence-corrected chi connectivity index (χ2v) is 4.11. The number of benzene rings is 1. The molecule has 0 aliphatic rings. The Morgan fingerprint density at radius 1 is 1.24 bits per heavy atom. The van der Waals surface area contributed by atoms with Crippen LogP contribution in [0.1, 0.15) is 29.2 Å². The molecule has 0 saturated heterocycles. The average Bonchev–Trinajstić information content (AvgIpc) is 2.14. The van der Waals surface area contributed by atoms with Gasteiger partial charge in [0, 0.05) is 6.04 Å². The number of hydrogen-bond donors (Lipinski definition) is 1. The maximum Gasteiger partial charge on any atom is 0.390 e. The molecule has 0 fully saturated rings. The molecule has 0 aromatic heterocycles. The van der Waals surface area contributed by atoms with Crippen molar-refractivity contribution in [2.24, 2.45) is 5.73 Å². The molecule has 1 atom stereocenters. The van der Waals surface area contributed by atoms with Crippen molar-refractivity contribution in [2.45, 2.75) is 32.5 Å².